The lowest BCUT2D eigenvalue weighted by atomic mass is 9.92. The van der Waals surface area contributed by atoms with Crippen LogP contribution in [0, 0.1) is 12.8 Å². The summed E-state index contributed by atoms with van der Waals surface area (Å²) in [5.74, 6) is 0.850. The van der Waals surface area contributed by atoms with Crippen LogP contribution in [-0.2, 0) is 6.54 Å². The summed E-state index contributed by atoms with van der Waals surface area (Å²) in [5, 5.41) is 3.55. The third-order valence-electron chi connectivity index (χ3n) is 4.89. The van der Waals surface area contributed by atoms with E-state index in [-0.39, 0.29) is 0 Å². The average molecular weight is 270 g/mol. The Morgan fingerprint density at radius 3 is 3.25 bits per heavy atom. The van der Waals surface area contributed by atoms with E-state index in [0.717, 1.165) is 30.7 Å². The summed E-state index contributed by atoms with van der Waals surface area (Å²) < 4.78 is 2.15. The van der Waals surface area contributed by atoms with Crippen LogP contribution in [0.4, 0.5) is 0 Å². The van der Waals surface area contributed by atoms with Gasteiger partial charge in [-0.3, -0.25) is 4.90 Å². The Morgan fingerprint density at radius 2 is 2.35 bits per heavy atom. The lowest BCUT2D eigenvalue weighted by Crippen LogP contribution is -2.44. The first kappa shape index (κ1) is 12.4. The number of imidazole rings is 1. The number of piperidine rings is 1. The van der Waals surface area contributed by atoms with E-state index >= 15 is 0 Å². The minimum absolute atomic E-state index is 0.717. The molecule has 106 valence electrons. The van der Waals surface area contributed by atoms with Gasteiger partial charge in [0.2, 0.25) is 0 Å². The minimum Gasteiger partial charge on any atom is -0.315 e. The molecule has 2 unspecified atom stereocenters. The van der Waals surface area contributed by atoms with Crippen LogP contribution in [0.15, 0.2) is 24.5 Å². The van der Waals surface area contributed by atoms with E-state index in [1.165, 1.54) is 37.2 Å². The Hall–Kier alpha value is -1.39. The fraction of sp³-hybridized carbons (Fsp3) is 0.562. The Balaban J connectivity index is 1.59. The van der Waals surface area contributed by atoms with Gasteiger partial charge in [-0.25, -0.2) is 4.98 Å². The molecule has 2 atom stereocenters. The number of hydrogen-bond acceptors (Lipinski definition) is 3. The molecule has 0 saturated carbocycles. The van der Waals surface area contributed by atoms with Gasteiger partial charge in [-0.05, 0) is 50.4 Å². The highest BCUT2D eigenvalue weighted by Crippen LogP contribution is 2.27. The van der Waals surface area contributed by atoms with Gasteiger partial charge in [-0.15, -0.1) is 0 Å². The van der Waals surface area contributed by atoms with Crippen molar-refractivity contribution >= 4 is 5.65 Å². The molecule has 2 saturated heterocycles. The van der Waals surface area contributed by atoms with Gasteiger partial charge < -0.3 is 9.72 Å². The summed E-state index contributed by atoms with van der Waals surface area (Å²) in [5.41, 5.74) is 3.55. The summed E-state index contributed by atoms with van der Waals surface area (Å²) in [6, 6.07) is 4.94. The highest BCUT2D eigenvalue weighted by molar-refractivity contribution is 5.47. The van der Waals surface area contributed by atoms with Crippen LogP contribution in [0.3, 0.4) is 0 Å². The van der Waals surface area contributed by atoms with E-state index in [1.807, 2.05) is 0 Å². The number of pyridine rings is 1. The third-order valence-corrected chi connectivity index (χ3v) is 4.89. The molecule has 0 bridgehead atoms. The summed E-state index contributed by atoms with van der Waals surface area (Å²) in [7, 11) is 0. The summed E-state index contributed by atoms with van der Waals surface area (Å²) in [6.45, 7) is 6.69. The quantitative estimate of drug-likeness (QED) is 0.903. The highest BCUT2D eigenvalue weighted by Gasteiger charge is 2.34. The summed E-state index contributed by atoms with van der Waals surface area (Å²) >= 11 is 0. The molecular weight excluding hydrogens is 248 g/mol. The van der Waals surface area contributed by atoms with Crippen LogP contribution < -0.4 is 5.32 Å². The second kappa shape index (κ2) is 4.86. The van der Waals surface area contributed by atoms with Gasteiger partial charge in [0.1, 0.15) is 5.65 Å². The topological polar surface area (TPSA) is 32.6 Å². The molecule has 0 radical (unpaired) electrons. The zero-order chi connectivity index (χ0) is 13.5. The first-order valence-electron chi connectivity index (χ1n) is 7.69. The molecule has 2 aromatic heterocycles. The molecule has 2 fully saturated rings. The molecule has 2 aromatic rings. The number of rotatable bonds is 2. The Kier molecular flexibility index (Phi) is 3.00. The Morgan fingerprint density at radius 1 is 1.40 bits per heavy atom. The molecule has 0 aromatic carbocycles. The normalized spacial score (nSPS) is 27.1. The molecule has 1 N–H and O–H groups in total. The van der Waals surface area contributed by atoms with E-state index < -0.39 is 0 Å². The van der Waals surface area contributed by atoms with E-state index in [4.69, 9.17) is 4.98 Å². The SMILES string of the molecule is Cc1cccn2cc(CN3CCCC4CNCC43)nc12. The summed E-state index contributed by atoms with van der Waals surface area (Å²) in [6.07, 6.45) is 7.00. The van der Waals surface area contributed by atoms with Gasteiger partial charge >= 0.3 is 0 Å². The largest absolute Gasteiger partial charge is 0.315 e. The van der Waals surface area contributed by atoms with Crippen LogP contribution >= 0.6 is 0 Å². The Labute approximate surface area is 119 Å². The molecular formula is C16H22N4. The van der Waals surface area contributed by atoms with Crippen molar-refractivity contribution in [3.8, 4) is 0 Å². The third kappa shape index (κ3) is 2.03. The number of aryl methyl sites for hydroxylation is 1. The molecule has 2 aliphatic heterocycles. The smallest absolute Gasteiger partial charge is 0.139 e. The number of hydrogen-bond donors (Lipinski definition) is 1. The monoisotopic (exact) mass is 270 g/mol. The van der Waals surface area contributed by atoms with Crippen LogP contribution in [0.25, 0.3) is 5.65 Å². The van der Waals surface area contributed by atoms with Gasteiger partial charge in [0.25, 0.3) is 0 Å². The van der Waals surface area contributed by atoms with Gasteiger partial charge in [-0.1, -0.05) is 6.07 Å². The second-order valence-corrected chi connectivity index (χ2v) is 6.25. The number of nitrogens with zero attached hydrogens (tertiary/aromatic N) is 3. The molecule has 4 nitrogen and oxygen atoms in total. The van der Waals surface area contributed by atoms with Gasteiger partial charge in [0.05, 0.1) is 5.69 Å². The lowest BCUT2D eigenvalue weighted by Gasteiger charge is -2.36. The molecule has 0 spiro atoms. The predicted octanol–water partition coefficient (Wildman–Crippen LogP) is 1.83. The highest BCUT2D eigenvalue weighted by atomic mass is 15.2. The molecule has 20 heavy (non-hydrogen) atoms. The van der Waals surface area contributed by atoms with E-state index in [1.54, 1.807) is 0 Å². The number of fused-ring (bicyclic) bond motifs is 2. The van der Waals surface area contributed by atoms with Crippen LogP contribution in [0.5, 0.6) is 0 Å². The van der Waals surface area contributed by atoms with Crippen molar-refractivity contribution in [2.75, 3.05) is 19.6 Å². The van der Waals surface area contributed by atoms with Crippen LogP contribution in [0.2, 0.25) is 0 Å². The predicted molar refractivity (Wildman–Crippen MR) is 79.7 cm³/mol. The van der Waals surface area contributed by atoms with Crippen molar-refractivity contribution in [1.29, 1.82) is 0 Å². The molecule has 4 heterocycles. The van der Waals surface area contributed by atoms with Crippen molar-refractivity contribution in [1.82, 2.24) is 19.6 Å². The molecule has 0 aliphatic carbocycles. The maximum atomic E-state index is 4.82. The van der Waals surface area contributed by atoms with Crippen LogP contribution in [0.1, 0.15) is 24.1 Å². The molecule has 0 amide bonds. The minimum atomic E-state index is 0.717. The zero-order valence-electron chi connectivity index (χ0n) is 12.0. The molecule has 4 rings (SSSR count). The van der Waals surface area contributed by atoms with E-state index in [2.05, 4.69) is 46.1 Å². The fourth-order valence-corrected chi connectivity index (χ4v) is 3.85. The van der Waals surface area contributed by atoms with Gasteiger partial charge in [-0.2, -0.15) is 0 Å². The Bertz CT molecular complexity index is 618. The lowest BCUT2D eigenvalue weighted by molar-refractivity contribution is 0.116. The fourth-order valence-electron chi connectivity index (χ4n) is 3.85. The van der Waals surface area contributed by atoms with Crippen molar-refractivity contribution in [2.45, 2.75) is 32.4 Å². The zero-order valence-corrected chi connectivity index (χ0v) is 12.0. The number of nitrogens with one attached hydrogen (secondary N) is 1. The first-order valence-corrected chi connectivity index (χ1v) is 7.69. The average Bonchev–Trinajstić information content (AvgIpc) is 3.06. The van der Waals surface area contributed by atoms with E-state index in [0.29, 0.717) is 0 Å². The van der Waals surface area contributed by atoms with Crippen molar-refractivity contribution in [2.24, 2.45) is 5.92 Å². The van der Waals surface area contributed by atoms with Crippen molar-refractivity contribution < 1.29 is 0 Å². The summed E-state index contributed by atoms with van der Waals surface area (Å²) in [4.78, 5) is 7.45. The number of aromatic nitrogens is 2. The van der Waals surface area contributed by atoms with E-state index in [9.17, 15) is 0 Å². The van der Waals surface area contributed by atoms with Crippen LogP contribution in [-0.4, -0.2) is 40.0 Å². The standard InChI is InChI=1S/C16H22N4/c1-12-4-2-7-20-11-14(18-16(12)20)10-19-6-3-5-13-8-17-9-15(13)19/h2,4,7,11,13,15,17H,3,5-6,8-10H2,1H3. The maximum absolute atomic E-state index is 4.82. The molecule has 4 heteroatoms. The van der Waals surface area contributed by atoms with Gasteiger partial charge in [0, 0.05) is 31.5 Å². The molecule has 2 aliphatic rings. The maximum Gasteiger partial charge on any atom is 0.139 e. The van der Waals surface area contributed by atoms with Gasteiger partial charge in [0.15, 0.2) is 0 Å². The first-order chi connectivity index (χ1) is 9.81. The number of likely N-dealkylation sites (tertiary alicyclic amines) is 1. The van der Waals surface area contributed by atoms with Crippen molar-refractivity contribution in [3.05, 3.63) is 35.8 Å². The van der Waals surface area contributed by atoms with Crippen molar-refractivity contribution in [3.63, 3.8) is 0 Å². The second-order valence-electron chi connectivity index (χ2n) is 6.25.